The second kappa shape index (κ2) is 16.7. The number of alkyl carbamates (subject to hydrolysis) is 1. The van der Waals surface area contributed by atoms with E-state index in [1.807, 2.05) is 6.92 Å². The van der Waals surface area contributed by atoms with Crippen LogP contribution in [0, 0.1) is 17.6 Å². The number of carbonyl (C=O) groups excluding carboxylic acids is 7. The molecule has 0 saturated carbocycles. The van der Waals surface area contributed by atoms with Gasteiger partial charge >= 0.3 is 12.1 Å². The van der Waals surface area contributed by atoms with Crippen LogP contribution in [-0.4, -0.2) is 124 Å². The summed E-state index contributed by atoms with van der Waals surface area (Å²) in [6.07, 6.45) is 1.18. The zero-order valence-electron chi connectivity index (χ0n) is 31.3. The molecular formula is C37H50F2N6O9. The van der Waals surface area contributed by atoms with Crippen molar-refractivity contribution in [3.63, 3.8) is 0 Å². The van der Waals surface area contributed by atoms with Crippen molar-refractivity contribution in [2.75, 3.05) is 26.2 Å². The van der Waals surface area contributed by atoms with Gasteiger partial charge in [0.05, 0.1) is 0 Å². The first kappa shape index (κ1) is 40.4. The molecular weight excluding hydrogens is 710 g/mol. The number of piperidine rings is 1. The Morgan fingerprint density at radius 1 is 0.889 bits per heavy atom. The topological polar surface area (TPSA) is 184 Å². The van der Waals surface area contributed by atoms with Crippen LogP contribution >= 0.6 is 0 Å². The van der Waals surface area contributed by atoms with E-state index in [4.69, 9.17) is 9.47 Å². The molecule has 0 unspecified atom stereocenters. The summed E-state index contributed by atoms with van der Waals surface area (Å²) in [5, 5.41) is 7.71. The van der Waals surface area contributed by atoms with Crippen LogP contribution in [0.1, 0.15) is 78.7 Å². The number of carbonyl (C=O) groups is 7. The quantitative estimate of drug-likeness (QED) is 0.375. The van der Waals surface area contributed by atoms with E-state index in [0.717, 1.165) is 12.1 Å². The average molecular weight is 761 g/mol. The van der Waals surface area contributed by atoms with E-state index in [9.17, 15) is 42.3 Å². The maximum atomic E-state index is 14.4. The third-order valence-corrected chi connectivity index (χ3v) is 10.1. The second-order valence-corrected chi connectivity index (χ2v) is 15.7. The van der Waals surface area contributed by atoms with Crippen molar-refractivity contribution >= 4 is 41.6 Å². The molecule has 0 spiro atoms. The number of cyclic esters (lactones) is 1. The first-order valence-corrected chi connectivity index (χ1v) is 18.5. The van der Waals surface area contributed by atoms with Crippen LogP contribution in [0.2, 0.25) is 0 Å². The number of fused-ring (bicyclic) bond motifs is 3. The third kappa shape index (κ3) is 9.63. The van der Waals surface area contributed by atoms with E-state index < -0.39 is 108 Å². The summed E-state index contributed by atoms with van der Waals surface area (Å²) in [7, 11) is 0. The minimum atomic E-state index is -1.59. The Labute approximate surface area is 312 Å². The Morgan fingerprint density at radius 3 is 2.22 bits per heavy atom. The zero-order valence-corrected chi connectivity index (χ0v) is 31.3. The van der Waals surface area contributed by atoms with Crippen LogP contribution in [0.3, 0.4) is 0 Å². The van der Waals surface area contributed by atoms with Crippen LogP contribution in [0.15, 0.2) is 18.2 Å². The molecule has 7 atom stereocenters. The standard InChI is InChI=1S/C37H50F2N6O9/c1-20-13-29-35(51)53-19-26(41-30(46)25(42-36(52)54-37(3,4)5)16-22-14-23(38)17-24(39)15-22)33(49)44-12-8-10-28(44)34(50)43-11-7-6-9-27(43)31(47)40-21(2)32(48)45(29)18-20/h14-15,17,20-21,25-29H,6-13,16,18-19H2,1-5H3,(H,40,47)(H,41,46)(H,42,52)/t20-,21+,25+,26+,27+,28+,29+/m1/s1. The van der Waals surface area contributed by atoms with Crippen molar-refractivity contribution in [1.29, 1.82) is 0 Å². The van der Waals surface area contributed by atoms with Crippen LogP contribution < -0.4 is 16.0 Å². The lowest BCUT2D eigenvalue weighted by Gasteiger charge is -2.39. The highest BCUT2D eigenvalue weighted by Gasteiger charge is 2.46. The van der Waals surface area contributed by atoms with Crippen molar-refractivity contribution in [2.24, 2.45) is 5.92 Å². The van der Waals surface area contributed by atoms with Crippen LogP contribution in [0.4, 0.5) is 13.6 Å². The molecule has 4 aliphatic heterocycles. The largest absolute Gasteiger partial charge is 0.461 e. The number of amides is 6. The minimum absolute atomic E-state index is 0.0131. The number of ether oxygens (including phenoxy) is 2. The Hall–Kier alpha value is -4.83. The van der Waals surface area contributed by atoms with E-state index in [-0.39, 0.29) is 44.0 Å². The van der Waals surface area contributed by atoms with Gasteiger partial charge in [-0.2, -0.15) is 0 Å². The third-order valence-electron chi connectivity index (χ3n) is 10.1. The molecule has 4 aliphatic rings. The highest BCUT2D eigenvalue weighted by molar-refractivity contribution is 5.97. The van der Waals surface area contributed by atoms with E-state index >= 15 is 0 Å². The predicted molar refractivity (Wildman–Crippen MR) is 187 cm³/mol. The van der Waals surface area contributed by atoms with Gasteiger partial charge in [0.1, 0.15) is 60.1 Å². The molecule has 6 amide bonds. The highest BCUT2D eigenvalue weighted by atomic mass is 19.1. The van der Waals surface area contributed by atoms with Gasteiger partial charge < -0.3 is 40.1 Å². The summed E-state index contributed by atoms with van der Waals surface area (Å²) >= 11 is 0. The van der Waals surface area contributed by atoms with Crippen molar-refractivity contribution in [3.8, 4) is 0 Å². The summed E-state index contributed by atoms with van der Waals surface area (Å²) in [5.74, 6) is -5.97. The number of hydrogen-bond donors (Lipinski definition) is 3. The molecule has 1 aromatic rings. The molecule has 17 heteroatoms. The summed E-state index contributed by atoms with van der Waals surface area (Å²) in [6, 6.07) is -4.41. The van der Waals surface area contributed by atoms with Crippen LogP contribution in [0.5, 0.6) is 0 Å². The normalized spacial score (nSPS) is 27.7. The monoisotopic (exact) mass is 760 g/mol. The Morgan fingerprint density at radius 2 is 1.54 bits per heavy atom. The number of esters is 1. The van der Waals surface area contributed by atoms with Gasteiger partial charge in [-0.3, -0.25) is 24.0 Å². The molecule has 1 aromatic carbocycles. The van der Waals surface area contributed by atoms with Gasteiger partial charge in [-0.25, -0.2) is 18.4 Å². The fraction of sp³-hybridized carbons (Fsp3) is 0.649. The van der Waals surface area contributed by atoms with Crippen molar-refractivity contribution < 1.29 is 51.8 Å². The molecule has 0 bridgehead atoms. The number of halogens is 2. The van der Waals surface area contributed by atoms with Crippen molar-refractivity contribution in [2.45, 2.75) is 121 Å². The second-order valence-electron chi connectivity index (χ2n) is 15.7. The molecule has 0 aliphatic carbocycles. The summed E-state index contributed by atoms with van der Waals surface area (Å²) in [5.41, 5.74) is -0.960. The lowest BCUT2D eigenvalue weighted by atomic mass is 9.99. The molecule has 54 heavy (non-hydrogen) atoms. The van der Waals surface area contributed by atoms with E-state index in [1.54, 1.807) is 20.8 Å². The van der Waals surface area contributed by atoms with Gasteiger partial charge in [0, 0.05) is 32.1 Å². The SMILES string of the molecule is C[C@@H]1C[C@H]2C(=O)OC[C@H](NC(=O)[C@H](Cc3cc(F)cc(F)c3)NC(=O)OC(C)(C)C)C(=O)N3CCC[C@H]3C(=O)N3CCCC[C@H]3C(=O)N[C@@H](C)C(=O)N2C1. The van der Waals surface area contributed by atoms with Crippen molar-refractivity contribution in [1.82, 2.24) is 30.7 Å². The van der Waals surface area contributed by atoms with Crippen LogP contribution in [-0.2, 0) is 44.7 Å². The summed E-state index contributed by atoms with van der Waals surface area (Å²) in [6.45, 7) is 8.08. The molecule has 5 rings (SSSR count). The smallest absolute Gasteiger partial charge is 0.408 e. The Bertz CT molecular complexity index is 1630. The number of nitrogens with one attached hydrogen (secondary N) is 3. The van der Waals surface area contributed by atoms with Gasteiger partial charge in [-0.15, -0.1) is 0 Å². The molecule has 4 saturated heterocycles. The van der Waals surface area contributed by atoms with Gasteiger partial charge in [0.15, 0.2) is 0 Å². The fourth-order valence-corrected chi connectivity index (χ4v) is 7.61. The molecule has 15 nitrogen and oxygen atoms in total. The maximum absolute atomic E-state index is 14.4. The first-order chi connectivity index (χ1) is 25.4. The average Bonchev–Trinajstić information content (AvgIpc) is 3.74. The number of rotatable bonds is 5. The molecule has 3 N–H and O–H groups in total. The highest BCUT2D eigenvalue weighted by Crippen LogP contribution is 2.28. The molecule has 0 aromatic heterocycles. The summed E-state index contributed by atoms with van der Waals surface area (Å²) < 4.78 is 39.3. The van der Waals surface area contributed by atoms with E-state index in [0.29, 0.717) is 31.7 Å². The molecule has 296 valence electrons. The Balaban J connectivity index is 1.48. The number of benzene rings is 1. The van der Waals surface area contributed by atoms with Gasteiger partial charge in [-0.05, 0) is 89.8 Å². The maximum Gasteiger partial charge on any atom is 0.408 e. The van der Waals surface area contributed by atoms with Crippen LogP contribution in [0.25, 0.3) is 0 Å². The molecule has 0 radical (unpaired) electrons. The first-order valence-electron chi connectivity index (χ1n) is 18.5. The predicted octanol–water partition coefficient (Wildman–Crippen LogP) is 1.56. The van der Waals surface area contributed by atoms with E-state index in [2.05, 4.69) is 16.0 Å². The lowest BCUT2D eigenvalue weighted by molar-refractivity contribution is -0.158. The molecule has 4 fully saturated rings. The summed E-state index contributed by atoms with van der Waals surface area (Å²) in [4.78, 5) is 100. The van der Waals surface area contributed by atoms with E-state index in [1.165, 1.54) is 21.6 Å². The molecule has 4 heterocycles. The zero-order chi connectivity index (χ0) is 39.5. The van der Waals surface area contributed by atoms with Gasteiger partial charge in [0.2, 0.25) is 29.5 Å². The van der Waals surface area contributed by atoms with Gasteiger partial charge in [-0.1, -0.05) is 6.92 Å². The fourth-order valence-electron chi connectivity index (χ4n) is 7.61. The lowest BCUT2D eigenvalue weighted by Crippen LogP contribution is -2.62. The van der Waals surface area contributed by atoms with Crippen molar-refractivity contribution in [3.05, 3.63) is 35.4 Å². The number of nitrogens with zero attached hydrogens (tertiary/aromatic N) is 3. The van der Waals surface area contributed by atoms with Gasteiger partial charge in [0.25, 0.3) is 0 Å². The Kier molecular flexibility index (Phi) is 12.5. The number of hydrogen-bond acceptors (Lipinski definition) is 9. The minimum Gasteiger partial charge on any atom is -0.461 e.